The van der Waals surface area contributed by atoms with Crippen LogP contribution in [0.5, 0.6) is 0 Å². The minimum atomic E-state index is -1.05. The predicted octanol–water partition coefficient (Wildman–Crippen LogP) is 1.13. The highest BCUT2D eigenvalue weighted by Crippen LogP contribution is 2.28. The summed E-state index contributed by atoms with van der Waals surface area (Å²) in [5, 5.41) is 9.36. The maximum atomic E-state index is 12.2. The first-order chi connectivity index (χ1) is 9.04. The molecule has 1 saturated heterocycles. The first-order valence-electron chi connectivity index (χ1n) is 6.53. The Hall–Kier alpha value is -1.85. The standard InChI is InChI=1S/C13H19N3O3/c1-13(12(18)19)5-2-3-7-16(13)11(17)4-8-15-9-6-14-10-15/h6,9-10H,2-5,7-8H2,1H3,(H,18,19). The number of hydrogen-bond acceptors (Lipinski definition) is 3. The van der Waals surface area contributed by atoms with Crippen LogP contribution >= 0.6 is 0 Å². The van der Waals surface area contributed by atoms with E-state index in [1.165, 1.54) is 4.90 Å². The summed E-state index contributed by atoms with van der Waals surface area (Å²) in [6.45, 7) is 2.71. The van der Waals surface area contributed by atoms with E-state index in [0.717, 1.165) is 12.8 Å². The topological polar surface area (TPSA) is 75.4 Å². The number of aromatic nitrogens is 2. The lowest BCUT2D eigenvalue weighted by Gasteiger charge is -2.41. The maximum absolute atomic E-state index is 12.2. The van der Waals surface area contributed by atoms with Gasteiger partial charge in [-0.05, 0) is 26.2 Å². The Morgan fingerprint density at radius 2 is 2.21 bits per heavy atom. The number of imidazole rings is 1. The average Bonchev–Trinajstić information content (AvgIpc) is 2.89. The van der Waals surface area contributed by atoms with Gasteiger partial charge in [0.05, 0.1) is 6.33 Å². The van der Waals surface area contributed by atoms with Crippen molar-refractivity contribution in [3.05, 3.63) is 18.7 Å². The van der Waals surface area contributed by atoms with Gasteiger partial charge in [0, 0.05) is 31.9 Å². The maximum Gasteiger partial charge on any atom is 0.329 e. The molecule has 1 N–H and O–H groups in total. The largest absolute Gasteiger partial charge is 0.480 e. The summed E-state index contributed by atoms with van der Waals surface area (Å²) in [5.74, 6) is -1.01. The molecule has 19 heavy (non-hydrogen) atoms. The van der Waals surface area contributed by atoms with Crippen molar-refractivity contribution in [3.8, 4) is 0 Å². The fourth-order valence-corrected chi connectivity index (χ4v) is 2.52. The van der Waals surface area contributed by atoms with Crippen LogP contribution in [-0.4, -0.2) is 43.5 Å². The third-order valence-electron chi connectivity index (χ3n) is 3.80. The van der Waals surface area contributed by atoms with Gasteiger partial charge < -0.3 is 14.6 Å². The highest BCUT2D eigenvalue weighted by molar-refractivity contribution is 5.87. The van der Waals surface area contributed by atoms with E-state index in [1.807, 2.05) is 4.57 Å². The second-order valence-corrected chi connectivity index (χ2v) is 5.13. The summed E-state index contributed by atoms with van der Waals surface area (Å²) in [6, 6.07) is 0. The number of amides is 1. The number of hydrogen-bond donors (Lipinski definition) is 1. The zero-order valence-corrected chi connectivity index (χ0v) is 11.1. The van der Waals surface area contributed by atoms with Crippen LogP contribution in [-0.2, 0) is 16.1 Å². The Labute approximate surface area is 112 Å². The number of carboxylic acids is 1. The molecule has 6 heteroatoms. The Balaban J connectivity index is 2.01. The van der Waals surface area contributed by atoms with Crippen LogP contribution < -0.4 is 0 Å². The highest BCUT2D eigenvalue weighted by Gasteiger charge is 2.43. The van der Waals surface area contributed by atoms with Gasteiger partial charge in [-0.2, -0.15) is 0 Å². The van der Waals surface area contributed by atoms with Gasteiger partial charge in [-0.3, -0.25) is 4.79 Å². The van der Waals surface area contributed by atoms with Crippen LogP contribution in [0, 0.1) is 0 Å². The number of carbonyl (C=O) groups excluding carboxylic acids is 1. The summed E-state index contributed by atoms with van der Waals surface area (Å²) in [6.07, 6.45) is 7.67. The molecule has 0 radical (unpaired) electrons. The Bertz CT molecular complexity index is 458. The van der Waals surface area contributed by atoms with Crippen molar-refractivity contribution in [2.24, 2.45) is 0 Å². The van der Waals surface area contributed by atoms with Crippen molar-refractivity contribution in [3.63, 3.8) is 0 Å². The molecule has 0 bridgehead atoms. The molecule has 1 unspecified atom stereocenters. The minimum absolute atomic E-state index is 0.0988. The Kier molecular flexibility index (Phi) is 3.87. The van der Waals surface area contributed by atoms with E-state index in [-0.39, 0.29) is 5.91 Å². The lowest BCUT2D eigenvalue weighted by Crippen LogP contribution is -2.57. The van der Waals surface area contributed by atoms with E-state index >= 15 is 0 Å². The van der Waals surface area contributed by atoms with Crippen LogP contribution in [0.25, 0.3) is 0 Å². The van der Waals surface area contributed by atoms with Gasteiger partial charge >= 0.3 is 5.97 Å². The Morgan fingerprint density at radius 1 is 1.42 bits per heavy atom. The molecule has 1 aliphatic heterocycles. The van der Waals surface area contributed by atoms with Gasteiger partial charge in [0.15, 0.2) is 0 Å². The average molecular weight is 265 g/mol. The van der Waals surface area contributed by atoms with Gasteiger partial charge in [0.2, 0.25) is 5.91 Å². The Morgan fingerprint density at radius 3 is 2.84 bits per heavy atom. The van der Waals surface area contributed by atoms with E-state index < -0.39 is 11.5 Å². The van der Waals surface area contributed by atoms with Crippen molar-refractivity contribution in [2.45, 2.75) is 44.7 Å². The fraction of sp³-hybridized carbons (Fsp3) is 0.615. The number of carbonyl (C=O) groups is 2. The molecule has 2 rings (SSSR count). The molecule has 1 aliphatic rings. The van der Waals surface area contributed by atoms with Gasteiger partial charge in [-0.25, -0.2) is 9.78 Å². The van der Waals surface area contributed by atoms with E-state index in [2.05, 4.69) is 4.98 Å². The monoisotopic (exact) mass is 265 g/mol. The second kappa shape index (κ2) is 5.42. The first kappa shape index (κ1) is 13.6. The quantitative estimate of drug-likeness (QED) is 0.885. The minimum Gasteiger partial charge on any atom is -0.480 e. The zero-order chi connectivity index (χ0) is 13.9. The number of rotatable bonds is 4. The SMILES string of the molecule is CC1(C(=O)O)CCCCN1C(=O)CCn1ccnc1. The van der Waals surface area contributed by atoms with Gasteiger partial charge in [-0.1, -0.05) is 0 Å². The van der Waals surface area contributed by atoms with E-state index in [0.29, 0.717) is 25.9 Å². The van der Waals surface area contributed by atoms with Gasteiger partial charge in [-0.15, -0.1) is 0 Å². The third kappa shape index (κ3) is 2.77. The number of carboxylic acid groups (broad SMARTS) is 1. The summed E-state index contributed by atoms with van der Waals surface area (Å²) in [4.78, 5) is 29.1. The van der Waals surface area contributed by atoms with Crippen molar-refractivity contribution in [2.75, 3.05) is 6.54 Å². The van der Waals surface area contributed by atoms with Crippen LogP contribution in [0.1, 0.15) is 32.6 Å². The smallest absolute Gasteiger partial charge is 0.329 e. The first-order valence-corrected chi connectivity index (χ1v) is 6.53. The number of nitrogens with zero attached hydrogens (tertiary/aromatic N) is 3. The summed E-state index contributed by atoms with van der Waals surface area (Å²) < 4.78 is 1.82. The second-order valence-electron chi connectivity index (χ2n) is 5.13. The molecule has 1 aromatic rings. The molecule has 1 fully saturated rings. The predicted molar refractivity (Wildman–Crippen MR) is 68.4 cm³/mol. The van der Waals surface area contributed by atoms with Gasteiger partial charge in [0.25, 0.3) is 0 Å². The van der Waals surface area contributed by atoms with Gasteiger partial charge in [0.1, 0.15) is 5.54 Å². The lowest BCUT2D eigenvalue weighted by atomic mass is 9.88. The molecular formula is C13H19N3O3. The van der Waals surface area contributed by atoms with Crippen LogP contribution in [0.3, 0.4) is 0 Å². The molecule has 2 heterocycles. The normalized spacial score (nSPS) is 23.3. The molecular weight excluding hydrogens is 246 g/mol. The summed E-state index contributed by atoms with van der Waals surface area (Å²) in [5.41, 5.74) is -1.05. The molecule has 0 spiro atoms. The zero-order valence-electron chi connectivity index (χ0n) is 11.1. The third-order valence-corrected chi connectivity index (χ3v) is 3.80. The molecule has 1 atom stereocenters. The number of aliphatic carboxylic acids is 1. The molecule has 0 saturated carbocycles. The molecule has 104 valence electrons. The molecule has 1 aromatic heterocycles. The molecule has 1 amide bonds. The van der Waals surface area contributed by atoms with Crippen LogP contribution in [0.4, 0.5) is 0 Å². The fourth-order valence-electron chi connectivity index (χ4n) is 2.52. The molecule has 6 nitrogen and oxygen atoms in total. The molecule has 0 aromatic carbocycles. The summed E-state index contributed by atoms with van der Waals surface area (Å²) >= 11 is 0. The van der Waals surface area contributed by atoms with Crippen molar-refractivity contribution < 1.29 is 14.7 Å². The summed E-state index contributed by atoms with van der Waals surface area (Å²) in [7, 11) is 0. The number of likely N-dealkylation sites (tertiary alicyclic amines) is 1. The van der Waals surface area contributed by atoms with Crippen LogP contribution in [0.15, 0.2) is 18.7 Å². The van der Waals surface area contributed by atoms with Crippen molar-refractivity contribution >= 4 is 11.9 Å². The molecule has 0 aliphatic carbocycles. The lowest BCUT2D eigenvalue weighted by molar-refractivity contribution is -0.161. The highest BCUT2D eigenvalue weighted by atomic mass is 16.4. The van der Waals surface area contributed by atoms with E-state index in [9.17, 15) is 14.7 Å². The van der Waals surface area contributed by atoms with Crippen molar-refractivity contribution in [1.82, 2.24) is 14.5 Å². The number of aryl methyl sites for hydroxylation is 1. The number of piperidine rings is 1. The van der Waals surface area contributed by atoms with E-state index in [1.54, 1.807) is 25.6 Å². The van der Waals surface area contributed by atoms with Crippen LogP contribution in [0.2, 0.25) is 0 Å². The van der Waals surface area contributed by atoms with E-state index in [4.69, 9.17) is 0 Å². The van der Waals surface area contributed by atoms with Crippen molar-refractivity contribution in [1.29, 1.82) is 0 Å².